The molecular formula is C30H29NO2. The molecule has 0 heterocycles. The molecule has 3 heteroatoms. The van der Waals surface area contributed by atoms with Crippen LogP contribution in [0.1, 0.15) is 37.5 Å². The molecule has 0 aliphatic heterocycles. The van der Waals surface area contributed by atoms with Gasteiger partial charge in [-0.05, 0) is 37.1 Å². The van der Waals surface area contributed by atoms with Gasteiger partial charge in [-0.15, -0.1) is 0 Å². The van der Waals surface area contributed by atoms with E-state index in [2.05, 4.69) is 30.3 Å². The SMILES string of the molecule is CC(C)(C)OC(=O)[C@@H](Cc1ccc2ccccc2c1)N=C(c1ccccc1)c1ccccc1. The van der Waals surface area contributed by atoms with Crippen LogP contribution in [0.5, 0.6) is 0 Å². The molecule has 0 saturated carbocycles. The van der Waals surface area contributed by atoms with Crippen molar-refractivity contribution in [1.82, 2.24) is 0 Å². The quantitative estimate of drug-likeness (QED) is 0.252. The Kier molecular flexibility index (Phi) is 6.69. The van der Waals surface area contributed by atoms with Crippen LogP contribution in [-0.2, 0) is 16.0 Å². The first-order valence-electron chi connectivity index (χ1n) is 11.3. The Labute approximate surface area is 195 Å². The fraction of sp³-hybridized carbons (Fsp3) is 0.200. The minimum Gasteiger partial charge on any atom is -0.458 e. The predicted octanol–water partition coefficient (Wildman–Crippen LogP) is 6.63. The van der Waals surface area contributed by atoms with Gasteiger partial charge in [-0.2, -0.15) is 0 Å². The molecule has 0 aliphatic carbocycles. The molecule has 0 bridgehead atoms. The van der Waals surface area contributed by atoms with Gasteiger partial charge in [-0.1, -0.05) is 103 Å². The topological polar surface area (TPSA) is 38.7 Å². The number of hydrogen-bond donors (Lipinski definition) is 0. The van der Waals surface area contributed by atoms with Gasteiger partial charge in [0.15, 0.2) is 6.04 Å². The highest BCUT2D eigenvalue weighted by molar-refractivity contribution is 6.13. The van der Waals surface area contributed by atoms with Crippen molar-refractivity contribution >= 4 is 22.5 Å². The molecule has 0 saturated heterocycles. The number of ether oxygens (including phenoxy) is 1. The van der Waals surface area contributed by atoms with Crippen molar-refractivity contribution in [2.75, 3.05) is 0 Å². The minimum absolute atomic E-state index is 0.319. The maximum atomic E-state index is 13.3. The van der Waals surface area contributed by atoms with E-state index in [-0.39, 0.29) is 5.97 Å². The van der Waals surface area contributed by atoms with Gasteiger partial charge < -0.3 is 4.74 Å². The second-order valence-electron chi connectivity index (χ2n) is 9.14. The smallest absolute Gasteiger partial charge is 0.331 e. The molecule has 0 unspecified atom stereocenters. The first-order valence-corrected chi connectivity index (χ1v) is 11.3. The lowest BCUT2D eigenvalue weighted by molar-refractivity contribution is -0.156. The standard InChI is InChI=1S/C30H29NO2/c1-30(2,3)33-29(32)27(21-22-18-19-23-12-10-11-17-26(23)20-22)31-28(24-13-6-4-7-14-24)25-15-8-5-9-16-25/h4-20,27H,21H2,1-3H3/t27-/m1/s1. The van der Waals surface area contributed by atoms with Crippen LogP contribution < -0.4 is 0 Å². The van der Waals surface area contributed by atoms with E-state index < -0.39 is 11.6 Å². The fourth-order valence-corrected chi connectivity index (χ4v) is 3.80. The van der Waals surface area contributed by atoms with Crippen molar-refractivity contribution in [2.24, 2.45) is 4.99 Å². The summed E-state index contributed by atoms with van der Waals surface area (Å²) in [6, 6.07) is 33.8. The zero-order valence-electron chi connectivity index (χ0n) is 19.4. The van der Waals surface area contributed by atoms with Crippen LogP contribution in [-0.4, -0.2) is 23.3 Å². The van der Waals surface area contributed by atoms with E-state index in [0.29, 0.717) is 6.42 Å². The first-order chi connectivity index (χ1) is 15.9. The van der Waals surface area contributed by atoms with Gasteiger partial charge in [0.2, 0.25) is 0 Å². The average molecular weight is 436 g/mol. The van der Waals surface area contributed by atoms with E-state index in [0.717, 1.165) is 27.8 Å². The number of hydrogen-bond acceptors (Lipinski definition) is 3. The first kappa shape index (κ1) is 22.5. The van der Waals surface area contributed by atoms with Gasteiger partial charge >= 0.3 is 5.97 Å². The normalized spacial score (nSPS) is 12.2. The van der Waals surface area contributed by atoms with Crippen LogP contribution in [0.4, 0.5) is 0 Å². The van der Waals surface area contributed by atoms with Gasteiger partial charge in [0, 0.05) is 17.5 Å². The van der Waals surface area contributed by atoms with E-state index in [1.165, 1.54) is 5.39 Å². The summed E-state index contributed by atoms with van der Waals surface area (Å²) in [7, 11) is 0. The number of esters is 1. The molecule has 0 aromatic heterocycles. The molecule has 0 aliphatic rings. The summed E-state index contributed by atoms with van der Waals surface area (Å²) in [4.78, 5) is 18.3. The van der Waals surface area contributed by atoms with E-state index in [4.69, 9.17) is 9.73 Å². The summed E-state index contributed by atoms with van der Waals surface area (Å²) in [5, 5.41) is 2.32. The van der Waals surface area contributed by atoms with E-state index in [9.17, 15) is 4.79 Å². The number of fused-ring (bicyclic) bond motifs is 1. The molecule has 3 nitrogen and oxygen atoms in total. The van der Waals surface area contributed by atoms with Gasteiger partial charge in [0.1, 0.15) is 5.60 Å². The van der Waals surface area contributed by atoms with Gasteiger partial charge in [0.05, 0.1) is 5.71 Å². The van der Waals surface area contributed by atoms with Crippen molar-refractivity contribution in [2.45, 2.75) is 38.8 Å². The summed E-state index contributed by atoms with van der Waals surface area (Å²) in [6.07, 6.45) is 0.461. The third-order valence-corrected chi connectivity index (χ3v) is 5.30. The zero-order chi connectivity index (χ0) is 23.3. The predicted molar refractivity (Wildman–Crippen MR) is 136 cm³/mol. The van der Waals surface area contributed by atoms with Crippen LogP contribution in [0.2, 0.25) is 0 Å². The lowest BCUT2D eigenvalue weighted by atomic mass is 9.99. The van der Waals surface area contributed by atoms with E-state index in [1.54, 1.807) is 0 Å². The van der Waals surface area contributed by atoms with Crippen molar-refractivity contribution in [1.29, 1.82) is 0 Å². The van der Waals surface area contributed by atoms with Gasteiger partial charge in [-0.25, -0.2) is 4.79 Å². The molecule has 166 valence electrons. The lowest BCUT2D eigenvalue weighted by Crippen LogP contribution is -2.33. The summed E-state index contributed by atoms with van der Waals surface area (Å²) in [5.41, 5.74) is 3.18. The third-order valence-electron chi connectivity index (χ3n) is 5.30. The van der Waals surface area contributed by atoms with Gasteiger partial charge in [0.25, 0.3) is 0 Å². The summed E-state index contributed by atoms with van der Waals surface area (Å²) in [5.74, 6) is -0.319. The fourth-order valence-electron chi connectivity index (χ4n) is 3.80. The van der Waals surface area contributed by atoms with Crippen molar-refractivity contribution in [3.8, 4) is 0 Å². The van der Waals surface area contributed by atoms with Gasteiger partial charge in [-0.3, -0.25) is 4.99 Å². The molecule has 4 aromatic carbocycles. The number of carbonyl (C=O) groups is 1. The molecule has 0 N–H and O–H groups in total. The largest absolute Gasteiger partial charge is 0.458 e. The summed E-state index contributed by atoms with van der Waals surface area (Å²) in [6.45, 7) is 5.66. The number of carbonyl (C=O) groups excluding carboxylic acids is 1. The van der Waals surface area contributed by atoms with Crippen LogP contribution in [0, 0.1) is 0 Å². The van der Waals surface area contributed by atoms with Crippen LogP contribution in [0.3, 0.4) is 0 Å². The highest BCUT2D eigenvalue weighted by Crippen LogP contribution is 2.21. The van der Waals surface area contributed by atoms with Crippen LogP contribution in [0.15, 0.2) is 108 Å². The van der Waals surface area contributed by atoms with Crippen molar-refractivity contribution < 1.29 is 9.53 Å². The molecule has 0 fully saturated rings. The Bertz CT molecular complexity index is 1210. The third kappa shape index (κ3) is 5.95. The van der Waals surface area contributed by atoms with Crippen LogP contribution >= 0.6 is 0 Å². The molecule has 0 amide bonds. The Morgan fingerprint density at radius 2 is 1.30 bits per heavy atom. The van der Waals surface area contributed by atoms with E-state index in [1.807, 2.05) is 93.6 Å². The van der Waals surface area contributed by atoms with Crippen molar-refractivity contribution in [3.63, 3.8) is 0 Å². The second-order valence-corrected chi connectivity index (χ2v) is 9.14. The second kappa shape index (κ2) is 9.83. The molecule has 4 rings (SSSR count). The van der Waals surface area contributed by atoms with Crippen LogP contribution in [0.25, 0.3) is 10.8 Å². The van der Waals surface area contributed by atoms with Crippen molar-refractivity contribution in [3.05, 3.63) is 120 Å². The maximum absolute atomic E-state index is 13.3. The Balaban J connectivity index is 1.77. The highest BCUT2D eigenvalue weighted by Gasteiger charge is 2.26. The molecular weight excluding hydrogens is 406 g/mol. The van der Waals surface area contributed by atoms with E-state index >= 15 is 0 Å². The zero-order valence-corrected chi connectivity index (χ0v) is 19.4. The number of rotatable bonds is 6. The maximum Gasteiger partial charge on any atom is 0.331 e. The molecule has 0 spiro atoms. The Morgan fingerprint density at radius 3 is 1.88 bits per heavy atom. The minimum atomic E-state index is -0.666. The number of nitrogens with zero attached hydrogens (tertiary/aromatic N) is 1. The summed E-state index contributed by atoms with van der Waals surface area (Å²) >= 11 is 0. The summed E-state index contributed by atoms with van der Waals surface area (Å²) < 4.78 is 5.79. The average Bonchev–Trinajstić information content (AvgIpc) is 2.81. The molecule has 1 atom stereocenters. The number of aliphatic imine (C=N–C) groups is 1. The lowest BCUT2D eigenvalue weighted by Gasteiger charge is -2.23. The monoisotopic (exact) mass is 435 g/mol. The number of benzene rings is 4. The Hall–Kier alpha value is -3.72. The molecule has 33 heavy (non-hydrogen) atoms. The Morgan fingerprint density at radius 1 is 0.758 bits per heavy atom. The highest BCUT2D eigenvalue weighted by atomic mass is 16.6. The molecule has 0 radical (unpaired) electrons. The molecule has 4 aromatic rings.